The van der Waals surface area contributed by atoms with Crippen LogP contribution in [-0.4, -0.2) is 24.5 Å². The van der Waals surface area contributed by atoms with Gasteiger partial charge in [0.1, 0.15) is 0 Å². The maximum absolute atomic E-state index is 13.1. The summed E-state index contributed by atoms with van der Waals surface area (Å²) >= 11 is 1.44. The summed E-state index contributed by atoms with van der Waals surface area (Å²) in [5.74, 6) is 0.590. The standard InChI is InChI=1S/C19H20N2O2S/c1-4-10-21(14-8-6-5-7-9-14)19(22)16-11-15-13(2)12-20-18(23-3)17(15)24-16/h5-9,11-12H,4,10H2,1-3H3. The smallest absolute Gasteiger partial charge is 0.268 e. The Balaban J connectivity index is 2.05. The number of para-hydroxylation sites is 1. The number of benzene rings is 1. The Bertz CT molecular complexity index is 858. The molecule has 0 aliphatic heterocycles. The van der Waals surface area contributed by atoms with Crippen LogP contribution in [-0.2, 0) is 0 Å². The minimum Gasteiger partial charge on any atom is -0.480 e. The molecule has 0 unspecified atom stereocenters. The lowest BCUT2D eigenvalue weighted by Gasteiger charge is -2.21. The summed E-state index contributed by atoms with van der Waals surface area (Å²) in [6, 6.07) is 11.7. The third-order valence-corrected chi connectivity index (χ3v) is 5.00. The first-order chi connectivity index (χ1) is 11.7. The van der Waals surface area contributed by atoms with Gasteiger partial charge in [0.2, 0.25) is 5.88 Å². The van der Waals surface area contributed by atoms with Crippen molar-refractivity contribution in [2.24, 2.45) is 0 Å². The van der Waals surface area contributed by atoms with Gasteiger partial charge in [0.25, 0.3) is 5.91 Å². The van der Waals surface area contributed by atoms with Crippen LogP contribution in [0.5, 0.6) is 5.88 Å². The van der Waals surface area contributed by atoms with Crippen molar-refractivity contribution < 1.29 is 9.53 Å². The molecule has 5 heteroatoms. The van der Waals surface area contributed by atoms with Crippen LogP contribution < -0.4 is 9.64 Å². The van der Waals surface area contributed by atoms with E-state index in [1.54, 1.807) is 13.3 Å². The minimum absolute atomic E-state index is 0.0192. The zero-order valence-electron chi connectivity index (χ0n) is 14.1. The van der Waals surface area contributed by atoms with Gasteiger partial charge in [-0.05, 0) is 37.1 Å². The van der Waals surface area contributed by atoms with E-state index >= 15 is 0 Å². The zero-order valence-corrected chi connectivity index (χ0v) is 14.9. The Morgan fingerprint density at radius 3 is 2.71 bits per heavy atom. The average Bonchev–Trinajstić information content (AvgIpc) is 3.06. The normalized spacial score (nSPS) is 10.8. The SMILES string of the molecule is CCCN(C(=O)c1cc2c(C)cnc(OC)c2s1)c1ccccc1. The van der Waals surface area contributed by atoms with Gasteiger partial charge < -0.3 is 9.64 Å². The van der Waals surface area contributed by atoms with Gasteiger partial charge in [-0.1, -0.05) is 25.1 Å². The first-order valence-electron chi connectivity index (χ1n) is 7.95. The molecular weight excluding hydrogens is 320 g/mol. The van der Waals surface area contributed by atoms with E-state index in [1.165, 1.54) is 11.3 Å². The number of nitrogens with zero attached hydrogens (tertiary/aromatic N) is 2. The fourth-order valence-electron chi connectivity index (χ4n) is 2.69. The fraction of sp³-hybridized carbons (Fsp3) is 0.263. The molecule has 2 heterocycles. The monoisotopic (exact) mass is 340 g/mol. The Labute approximate surface area is 145 Å². The molecule has 1 amide bonds. The number of fused-ring (bicyclic) bond motifs is 1. The summed E-state index contributed by atoms with van der Waals surface area (Å²) in [7, 11) is 1.60. The second-order valence-corrected chi connectivity index (χ2v) is 6.65. The lowest BCUT2D eigenvalue weighted by molar-refractivity contribution is 0.0991. The third kappa shape index (κ3) is 2.99. The van der Waals surface area contributed by atoms with Crippen molar-refractivity contribution in [1.29, 1.82) is 0 Å². The van der Waals surface area contributed by atoms with Crippen LogP contribution in [0.2, 0.25) is 0 Å². The number of carbonyl (C=O) groups is 1. The average molecular weight is 340 g/mol. The molecule has 0 aliphatic carbocycles. The number of hydrogen-bond donors (Lipinski definition) is 0. The molecule has 0 N–H and O–H groups in total. The van der Waals surface area contributed by atoms with Crippen molar-refractivity contribution in [3.05, 3.63) is 53.0 Å². The summed E-state index contributed by atoms with van der Waals surface area (Å²) in [6.07, 6.45) is 2.68. The van der Waals surface area contributed by atoms with E-state index in [1.807, 2.05) is 48.2 Å². The summed E-state index contributed by atoms with van der Waals surface area (Å²) in [5.41, 5.74) is 1.96. The van der Waals surface area contributed by atoms with Crippen LogP contribution in [0.1, 0.15) is 28.6 Å². The van der Waals surface area contributed by atoms with Crippen molar-refractivity contribution in [2.75, 3.05) is 18.6 Å². The molecule has 0 bridgehead atoms. The largest absolute Gasteiger partial charge is 0.480 e. The number of aromatic nitrogens is 1. The molecule has 3 aromatic rings. The highest BCUT2D eigenvalue weighted by Crippen LogP contribution is 2.35. The number of ether oxygens (including phenoxy) is 1. The lowest BCUT2D eigenvalue weighted by atomic mass is 10.2. The van der Waals surface area contributed by atoms with Gasteiger partial charge in [0.05, 0.1) is 16.7 Å². The molecule has 0 radical (unpaired) electrons. The topological polar surface area (TPSA) is 42.4 Å². The fourth-order valence-corrected chi connectivity index (χ4v) is 3.84. The van der Waals surface area contributed by atoms with Gasteiger partial charge in [-0.2, -0.15) is 0 Å². The van der Waals surface area contributed by atoms with Crippen LogP contribution in [0.25, 0.3) is 10.1 Å². The summed E-state index contributed by atoms with van der Waals surface area (Å²) in [6.45, 7) is 4.76. The van der Waals surface area contributed by atoms with E-state index < -0.39 is 0 Å². The van der Waals surface area contributed by atoms with Gasteiger partial charge >= 0.3 is 0 Å². The molecule has 0 saturated carbocycles. The molecule has 124 valence electrons. The third-order valence-electron chi connectivity index (χ3n) is 3.89. The predicted molar refractivity (Wildman–Crippen MR) is 99.3 cm³/mol. The van der Waals surface area contributed by atoms with Crippen molar-refractivity contribution in [2.45, 2.75) is 20.3 Å². The number of methoxy groups -OCH3 is 1. The molecule has 0 fully saturated rings. The molecule has 0 saturated heterocycles. The predicted octanol–water partition coefficient (Wildman–Crippen LogP) is 4.67. The van der Waals surface area contributed by atoms with Gasteiger partial charge in [0, 0.05) is 23.8 Å². The van der Waals surface area contributed by atoms with E-state index in [-0.39, 0.29) is 5.91 Å². The van der Waals surface area contributed by atoms with Gasteiger partial charge in [-0.15, -0.1) is 11.3 Å². The molecule has 0 aliphatic rings. The van der Waals surface area contributed by atoms with E-state index in [4.69, 9.17) is 4.74 Å². The number of pyridine rings is 1. The van der Waals surface area contributed by atoms with Crippen LogP contribution in [0.3, 0.4) is 0 Å². The zero-order chi connectivity index (χ0) is 17.1. The number of amides is 1. The molecule has 4 nitrogen and oxygen atoms in total. The Morgan fingerprint density at radius 1 is 1.29 bits per heavy atom. The van der Waals surface area contributed by atoms with Crippen molar-refractivity contribution in [1.82, 2.24) is 4.98 Å². The van der Waals surface area contributed by atoms with Gasteiger partial charge in [-0.3, -0.25) is 4.79 Å². The summed E-state index contributed by atoms with van der Waals surface area (Å²) < 4.78 is 6.26. The van der Waals surface area contributed by atoms with Crippen molar-refractivity contribution in [3.8, 4) is 5.88 Å². The molecule has 0 atom stereocenters. The van der Waals surface area contributed by atoms with Crippen molar-refractivity contribution in [3.63, 3.8) is 0 Å². The maximum Gasteiger partial charge on any atom is 0.268 e. The second kappa shape index (κ2) is 7.01. The number of hydrogen-bond acceptors (Lipinski definition) is 4. The second-order valence-electron chi connectivity index (χ2n) is 5.60. The van der Waals surface area contributed by atoms with E-state index in [0.29, 0.717) is 17.3 Å². The first-order valence-corrected chi connectivity index (χ1v) is 8.77. The molecule has 2 aromatic heterocycles. The molecular formula is C19H20N2O2S. The van der Waals surface area contributed by atoms with E-state index in [9.17, 15) is 4.79 Å². The van der Waals surface area contributed by atoms with Crippen LogP contribution in [0.4, 0.5) is 5.69 Å². The van der Waals surface area contributed by atoms with Crippen molar-refractivity contribution >= 4 is 33.0 Å². The van der Waals surface area contributed by atoms with Crippen LogP contribution >= 0.6 is 11.3 Å². The summed E-state index contributed by atoms with van der Waals surface area (Å²) in [4.78, 5) is 19.9. The Kier molecular flexibility index (Phi) is 4.81. The quantitative estimate of drug-likeness (QED) is 0.678. The van der Waals surface area contributed by atoms with Gasteiger partial charge in [0.15, 0.2) is 0 Å². The van der Waals surface area contributed by atoms with Gasteiger partial charge in [-0.25, -0.2) is 4.98 Å². The summed E-state index contributed by atoms with van der Waals surface area (Å²) in [5, 5.41) is 1.03. The van der Waals surface area contributed by atoms with E-state index in [2.05, 4.69) is 11.9 Å². The van der Waals surface area contributed by atoms with E-state index in [0.717, 1.165) is 27.8 Å². The molecule has 24 heavy (non-hydrogen) atoms. The Hall–Kier alpha value is -2.40. The number of rotatable bonds is 5. The number of anilines is 1. The Morgan fingerprint density at radius 2 is 2.04 bits per heavy atom. The lowest BCUT2D eigenvalue weighted by Crippen LogP contribution is -2.30. The maximum atomic E-state index is 13.1. The van der Waals surface area contributed by atoms with Crippen LogP contribution in [0.15, 0.2) is 42.6 Å². The highest BCUT2D eigenvalue weighted by atomic mass is 32.1. The highest BCUT2D eigenvalue weighted by molar-refractivity contribution is 7.21. The number of thiophene rings is 1. The highest BCUT2D eigenvalue weighted by Gasteiger charge is 2.21. The first kappa shape index (κ1) is 16.5. The minimum atomic E-state index is 0.0192. The number of carbonyl (C=O) groups excluding carboxylic acids is 1. The molecule has 1 aromatic carbocycles. The number of aryl methyl sites for hydroxylation is 1. The van der Waals surface area contributed by atoms with Crippen LogP contribution in [0, 0.1) is 6.92 Å². The molecule has 3 rings (SSSR count). The molecule has 0 spiro atoms.